The molecule has 2 aliphatic rings. The lowest BCUT2D eigenvalue weighted by atomic mass is 10.0. The molecule has 0 bridgehead atoms. The molecule has 1 aliphatic heterocycles. The third kappa shape index (κ3) is 4.01. The summed E-state index contributed by atoms with van der Waals surface area (Å²) in [6.07, 6.45) is 8.04. The first-order valence-corrected chi connectivity index (χ1v) is 10.0. The molecule has 1 saturated heterocycles. The summed E-state index contributed by atoms with van der Waals surface area (Å²) in [4.78, 5) is 8.29. The van der Waals surface area contributed by atoms with Crippen molar-refractivity contribution in [1.29, 1.82) is 0 Å². The van der Waals surface area contributed by atoms with Crippen molar-refractivity contribution in [2.75, 3.05) is 13.1 Å². The van der Waals surface area contributed by atoms with Crippen molar-refractivity contribution >= 4 is 10.0 Å². The van der Waals surface area contributed by atoms with Gasteiger partial charge in [-0.25, -0.2) is 13.4 Å². The van der Waals surface area contributed by atoms with Crippen molar-refractivity contribution in [3.05, 3.63) is 18.1 Å². The molecule has 2 fully saturated rings. The fourth-order valence-corrected chi connectivity index (χ4v) is 5.59. The average molecular weight is 339 g/mol. The molecular weight excluding hydrogens is 314 g/mol. The monoisotopic (exact) mass is 339 g/mol. The third-order valence-corrected chi connectivity index (χ3v) is 7.08. The summed E-state index contributed by atoms with van der Waals surface area (Å²) in [5, 5.41) is -0.198. The Bertz CT molecular complexity index is 629. The molecule has 1 unspecified atom stereocenters. The summed E-state index contributed by atoms with van der Waals surface area (Å²) < 4.78 is 33.2. The lowest BCUT2D eigenvalue weighted by molar-refractivity contribution is 0.123. The van der Waals surface area contributed by atoms with E-state index in [2.05, 4.69) is 9.97 Å². The second-order valence-corrected chi connectivity index (χ2v) is 8.70. The Morgan fingerprint density at radius 1 is 1.17 bits per heavy atom. The maximum Gasteiger partial charge on any atom is 0.217 e. The molecule has 0 aromatic carbocycles. The zero-order valence-corrected chi connectivity index (χ0v) is 14.5. The van der Waals surface area contributed by atoms with Crippen LogP contribution in [-0.4, -0.2) is 47.1 Å². The second-order valence-electron chi connectivity index (χ2n) is 6.49. The standard InChI is InChI=1S/C16H25N3O3S/c1-13-17-10-9-16(18-13)22-14-6-5-11-19(12-14)23(20,21)15-7-3-2-4-8-15/h9-10,14-15H,2-8,11-12H2,1H3. The normalized spacial score (nSPS) is 24.5. The van der Waals surface area contributed by atoms with Crippen molar-refractivity contribution in [3.63, 3.8) is 0 Å². The minimum atomic E-state index is -3.20. The number of aryl methyl sites for hydroxylation is 1. The van der Waals surface area contributed by atoms with E-state index < -0.39 is 10.0 Å². The van der Waals surface area contributed by atoms with Crippen molar-refractivity contribution in [2.24, 2.45) is 0 Å². The van der Waals surface area contributed by atoms with Crippen LogP contribution < -0.4 is 4.74 Å². The first-order chi connectivity index (χ1) is 11.1. The number of hydrogen-bond acceptors (Lipinski definition) is 5. The predicted octanol–water partition coefficient (Wildman–Crippen LogP) is 2.29. The van der Waals surface area contributed by atoms with Crippen molar-refractivity contribution in [1.82, 2.24) is 14.3 Å². The highest BCUT2D eigenvalue weighted by Gasteiger charge is 2.36. The molecule has 1 aromatic rings. The molecule has 6 nitrogen and oxygen atoms in total. The fourth-order valence-electron chi connectivity index (χ4n) is 3.48. The smallest absolute Gasteiger partial charge is 0.217 e. The van der Waals surface area contributed by atoms with E-state index in [1.165, 1.54) is 0 Å². The summed E-state index contributed by atoms with van der Waals surface area (Å²) in [7, 11) is -3.20. The highest BCUT2D eigenvalue weighted by molar-refractivity contribution is 7.89. The van der Waals surface area contributed by atoms with Gasteiger partial charge in [0, 0.05) is 18.8 Å². The van der Waals surface area contributed by atoms with Gasteiger partial charge in [0.1, 0.15) is 11.9 Å². The summed E-state index contributed by atoms with van der Waals surface area (Å²) in [5.41, 5.74) is 0. The van der Waals surface area contributed by atoms with Gasteiger partial charge in [0.05, 0.1) is 11.8 Å². The Labute approximate surface area is 138 Å². The zero-order chi connectivity index (χ0) is 16.3. The van der Waals surface area contributed by atoms with Crippen LogP contribution in [0, 0.1) is 6.92 Å². The summed E-state index contributed by atoms with van der Waals surface area (Å²) >= 11 is 0. The molecular formula is C16H25N3O3S. The Morgan fingerprint density at radius 3 is 2.70 bits per heavy atom. The van der Waals surface area contributed by atoms with Crippen LogP contribution >= 0.6 is 0 Å². The van der Waals surface area contributed by atoms with E-state index in [0.29, 0.717) is 24.8 Å². The lowest BCUT2D eigenvalue weighted by Crippen LogP contribution is -2.48. The maximum absolute atomic E-state index is 12.8. The van der Waals surface area contributed by atoms with Crippen molar-refractivity contribution in [2.45, 2.75) is 63.2 Å². The molecule has 0 radical (unpaired) electrons. The molecule has 1 aromatic heterocycles. The molecule has 3 rings (SSSR count). The Morgan fingerprint density at radius 2 is 1.96 bits per heavy atom. The first kappa shape index (κ1) is 16.6. The van der Waals surface area contributed by atoms with Gasteiger partial charge in [-0.1, -0.05) is 19.3 Å². The van der Waals surface area contributed by atoms with Crippen LogP contribution in [0.5, 0.6) is 5.88 Å². The van der Waals surface area contributed by atoms with Gasteiger partial charge in [0.25, 0.3) is 0 Å². The van der Waals surface area contributed by atoms with Crippen molar-refractivity contribution < 1.29 is 13.2 Å². The van der Waals surface area contributed by atoms with Gasteiger partial charge in [-0.2, -0.15) is 9.29 Å². The highest BCUT2D eigenvalue weighted by Crippen LogP contribution is 2.28. The van der Waals surface area contributed by atoms with Crippen LogP contribution in [-0.2, 0) is 10.0 Å². The number of nitrogens with zero attached hydrogens (tertiary/aromatic N) is 3. The van der Waals surface area contributed by atoms with Gasteiger partial charge in [-0.15, -0.1) is 0 Å². The van der Waals surface area contributed by atoms with E-state index in [9.17, 15) is 8.42 Å². The quantitative estimate of drug-likeness (QED) is 0.841. The molecule has 1 atom stereocenters. The van der Waals surface area contributed by atoms with Crippen LogP contribution in [0.4, 0.5) is 0 Å². The topological polar surface area (TPSA) is 72.4 Å². The summed E-state index contributed by atoms with van der Waals surface area (Å²) in [6.45, 7) is 2.86. The van der Waals surface area contributed by atoms with Crippen LogP contribution in [0.15, 0.2) is 12.3 Å². The molecule has 2 heterocycles. The van der Waals surface area contributed by atoms with E-state index in [1.54, 1.807) is 16.6 Å². The number of aromatic nitrogens is 2. The van der Waals surface area contributed by atoms with E-state index in [-0.39, 0.29) is 11.4 Å². The molecule has 0 N–H and O–H groups in total. The largest absolute Gasteiger partial charge is 0.473 e. The van der Waals surface area contributed by atoms with E-state index >= 15 is 0 Å². The fraction of sp³-hybridized carbons (Fsp3) is 0.750. The molecule has 0 amide bonds. The van der Waals surface area contributed by atoms with Gasteiger partial charge in [-0.3, -0.25) is 0 Å². The van der Waals surface area contributed by atoms with Crippen LogP contribution in [0.2, 0.25) is 0 Å². The zero-order valence-electron chi connectivity index (χ0n) is 13.6. The maximum atomic E-state index is 12.8. The Hall–Kier alpha value is -1.21. The number of hydrogen-bond donors (Lipinski definition) is 0. The Balaban J connectivity index is 1.65. The summed E-state index contributed by atoms with van der Waals surface area (Å²) in [6, 6.07) is 1.72. The number of ether oxygens (including phenoxy) is 1. The molecule has 7 heteroatoms. The van der Waals surface area contributed by atoms with Gasteiger partial charge in [-0.05, 0) is 32.6 Å². The highest BCUT2D eigenvalue weighted by atomic mass is 32.2. The van der Waals surface area contributed by atoms with Crippen LogP contribution in [0.1, 0.15) is 50.8 Å². The first-order valence-electron chi connectivity index (χ1n) is 8.51. The molecule has 23 heavy (non-hydrogen) atoms. The van der Waals surface area contributed by atoms with Gasteiger partial charge in [0.15, 0.2) is 0 Å². The van der Waals surface area contributed by atoms with Gasteiger partial charge >= 0.3 is 0 Å². The molecule has 1 aliphatic carbocycles. The van der Waals surface area contributed by atoms with Gasteiger partial charge < -0.3 is 4.74 Å². The third-order valence-electron chi connectivity index (χ3n) is 4.71. The van der Waals surface area contributed by atoms with Crippen molar-refractivity contribution in [3.8, 4) is 5.88 Å². The van der Waals surface area contributed by atoms with Crippen LogP contribution in [0.25, 0.3) is 0 Å². The molecule has 0 spiro atoms. The van der Waals surface area contributed by atoms with E-state index in [1.807, 2.05) is 6.92 Å². The average Bonchev–Trinajstić information content (AvgIpc) is 2.56. The minimum Gasteiger partial charge on any atom is -0.473 e. The number of piperidine rings is 1. The second kappa shape index (κ2) is 7.13. The number of sulfonamides is 1. The molecule has 128 valence electrons. The SMILES string of the molecule is Cc1nccc(OC2CCCN(S(=O)(=O)C3CCCCC3)C2)n1. The Kier molecular flexibility index (Phi) is 5.16. The van der Waals surface area contributed by atoms with Crippen LogP contribution in [0.3, 0.4) is 0 Å². The predicted molar refractivity (Wildman–Crippen MR) is 87.8 cm³/mol. The van der Waals surface area contributed by atoms with E-state index in [4.69, 9.17) is 4.74 Å². The summed E-state index contributed by atoms with van der Waals surface area (Å²) in [5.74, 6) is 1.18. The van der Waals surface area contributed by atoms with Gasteiger partial charge in [0.2, 0.25) is 15.9 Å². The van der Waals surface area contributed by atoms with E-state index in [0.717, 1.165) is 44.9 Å². The lowest BCUT2D eigenvalue weighted by Gasteiger charge is -2.35. The molecule has 1 saturated carbocycles. The minimum absolute atomic E-state index is 0.128. The number of rotatable bonds is 4.